The molecule has 144 valence electrons. The molecular formula is C21H18FNO4S. The molecule has 1 aromatic heterocycles. The molecule has 1 atom stereocenters. The Morgan fingerprint density at radius 3 is 2.54 bits per heavy atom. The number of esters is 1. The van der Waals surface area contributed by atoms with E-state index >= 15 is 0 Å². The van der Waals surface area contributed by atoms with E-state index in [2.05, 4.69) is 5.32 Å². The Morgan fingerprint density at radius 1 is 1.00 bits per heavy atom. The zero-order valence-corrected chi connectivity index (χ0v) is 15.7. The van der Waals surface area contributed by atoms with Crippen LogP contribution in [0, 0.1) is 5.82 Å². The van der Waals surface area contributed by atoms with E-state index in [4.69, 9.17) is 9.47 Å². The SMILES string of the molecule is O=C(COC(=O)COc1cccc(F)c1)N[C@H](c1ccccc1)c1cccs1. The normalized spacial score (nSPS) is 11.5. The van der Waals surface area contributed by atoms with Gasteiger partial charge in [0.05, 0.1) is 6.04 Å². The van der Waals surface area contributed by atoms with E-state index in [1.807, 2.05) is 47.8 Å². The summed E-state index contributed by atoms with van der Waals surface area (Å²) >= 11 is 1.53. The van der Waals surface area contributed by atoms with E-state index in [0.717, 1.165) is 16.5 Å². The highest BCUT2D eigenvalue weighted by Crippen LogP contribution is 2.25. The van der Waals surface area contributed by atoms with Gasteiger partial charge in [-0.25, -0.2) is 9.18 Å². The second-order valence-electron chi connectivity index (χ2n) is 5.83. The van der Waals surface area contributed by atoms with Crippen molar-refractivity contribution in [2.45, 2.75) is 6.04 Å². The van der Waals surface area contributed by atoms with Crippen LogP contribution < -0.4 is 10.1 Å². The number of rotatable bonds is 8. The van der Waals surface area contributed by atoms with E-state index in [9.17, 15) is 14.0 Å². The first-order valence-electron chi connectivity index (χ1n) is 8.53. The van der Waals surface area contributed by atoms with Crippen molar-refractivity contribution in [1.29, 1.82) is 0 Å². The molecule has 0 saturated carbocycles. The van der Waals surface area contributed by atoms with Gasteiger partial charge in [-0.15, -0.1) is 11.3 Å². The van der Waals surface area contributed by atoms with Crippen LogP contribution in [0.3, 0.4) is 0 Å². The zero-order chi connectivity index (χ0) is 19.8. The number of benzene rings is 2. The summed E-state index contributed by atoms with van der Waals surface area (Å²) in [6, 6.07) is 18.5. The van der Waals surface area contributed by atoms with E-state index < -0.39 is 30.9 Å². The van der Waals surface area contributed by atoms with Crippen molar-refractivity contribution < 1.29 is 23.5 Å². The fourth-order valence-electron chi connectivity index (χ4n) is 2.51. The molecule has 1 amide bonds. The summed E-state index contributed by atoms with van der Waals surface area (Å²) in [6.07, 6.45) is 0. The minimum absolute atomic E-state index is 0.211. The van der Waals surface area contributed by atoms with Crippen molar-refractivity contribution in [1.82, 2.24) is 5.32 Å². The Hall–Kier alpha value is -3.19. The molecule has 1 heterocycles. The molecule has 0 spiro atoms. The van der Waals surface area contributed by atoms with Gasteiger partial charge in [-0.05, 0) is 29.1 Å². The first-order chi connectivity index (χ1) is 13.6. The van der Waals surface area contributed by atoms with Crippen LogP contribution in [-0.2, 0) is 14.3 Å². The molecule has 7 heteroatoms. The molecule has 0 bridgehead atoms. The monoisotopic (exact) mass is 399 g/mol. The summed E-state index contributed by atoms with van der Waals surface area (Å²) in [6.45, 7) is -0.843. The molecule has 0 saturated heterocycles. The molecule has 1 N–H and O–H groups in total. The molecule has 3 rings (SSSR count). The van der Waals surface area contributed by atoms with E-state index in [1.54, 1.807) is 0 Å². The smallest absolute Gasteiger partial charge is 0.344 e. The van der Waals surface area contributed by atoms with Crippen LogP contribution >= 0.6 is 11.3 Å². The van der Waals surface area contributed by atoms with E-state index in [0.29, 0.717) is 0 Å². The van der Waals surface area contributed by atoms with Gasteiger partial charge in [-0.2, -0.15) is 0 Å². The number of hydrogen-bond donors (Lipinski definition) is 1. The van der Waals surface area contributed by atoms with Crippen molar-refractivity contribution in [3.8, 4) is 5.75 Å². The lowest BCUT2D eigenvalue weighted by molar-refractivity contribution is -0.150. The third-order valence-electron chi connectivity index (χ3n) is 3.78. The van der Waals surface area contributed by atoms with Crippen LogP contribution in [0.5, 0.6) is 5.75 Å². The van der Waals surface area contributed by atoms with Crippen LogP contribution in [0.15, 0.2) is 72.1 Å². The first kappa shape index (κ1) is 19.6. The third kappa shape index (κ3) is 5.65. The van der Waals surface area contributed by atoms with Crippen LogP contribution in [0.4, 0.5) is 4.39 Å². The summed E-state index contributed by atoms with van der Waals surface area (Å²) in [5.41, 5.74) is 0.930. The standard InChI is InChI=1S/C21H18FNO4S/c22-16-8-4-9-17(12-16)26-14-20(25)27-13-19(24)23-21(18-10-5-11-28-18)15-6-2-1-3-7-15/h1-12,21H,13-14H2,(H,23,24)/t21-/m1/s1. The summed E-state index contributed by atoms with van der Waals surface area (Å²) in [7, 11) is 0. The highest BCUT2D eigenvalue weighted by molar-refractivity contribution is 7.10. The lowest BCUT2D eigenvalue weighted by Gasteiger charge is -2.18. The molecule has 0 aliphatic rings. The summed E-state index contributed by atoms with van der Waals surface area (Å²) in [5, 5.41) is 4.81. The third-order valence-corrected chi connectivity index (χ3v) is 4.72. The second kappa shape index (κ2) is 9.66. The van der Waals surface area contributed by atoms with Gasteiger partial charge < -0.3 is 14.8 Å². The second-order valence-corrected chi connectivity index (χ2v) is 6.81. The van der Waals surface area contributed by atoms with Crippen LogP contribution in [-0.4, -0.2) is 25.1 Å². The van der Waals surface area contributed by atoms with Gasteiger partial charge in [0.25, 0.3) is 5.91 Å². The largest absolute Gasteiger partial charge is 0.482 e. The molecule has 0 radical (unpaired) electrons. The average molecular weight is 399 g/mol. The van der Waals surface area contributed by atoms with E-state index in [-0.39, 0.29) is 11.8 Å². The van der Waals surface area contributed by atoms with Crippen molar-refractivity contribution in [3.63, 3.8) is 0 Å². The van der Waals surface area contributed by atoms with Gasteiger partial charge in [0.15, 0.2) is 13.2 Å². The Labute approximate surface area is 165 Å². The molecule has 28 heavy (non-hydrogen) atoms. The van der Waals surface area contributed by atoms with Crippen molar-refractivity contribution >= 4 is 23.2 Å². The van der Waals surface area contributed by atoms with Gasteiger partial charge in [-0.3, -0.25) is 4.79 Å². The summed E-state index contributed by atoms with van der Waals surface area (Å²) in [4.78, 5) is 25.0. The lowest BCUT2D eigenvalue weighted by Crippen LogP contribution is -2.33. The number of nitrogens with one attached hydrogen (secondary N) is 1. The van der Waals surface area contributed by atoms with Crippen molar-refractivity contribution in [2.75, 3.05) is 13.2 Å². The highest BCUT2D eigenvalue weighted by atomic mass is 32.1. The quantitative estimate of drug-likeness (QED) is 0.587. The Balaban J connectivity index is 1.51. The topological polar surface area (TPSA) is 64.6 Å². The fourth-order valence-corrected chi connectivity index (χ4v) is 3.31. The van der Waals surface area contributed by atoms with Crippen LogP contribution in [0.1, 0.15) is 16.5 Å². The first-order valence-corrected chi connectivity index (χ1v) is 9.41. The Morgan fingerprint density at radius 2 is 1.82 bits per heavy atom. The lowest BCUT2D eigenvalue weighted by atomic mass is 10.1. The molecule has 3 aromatic rings. The number of halogens is 1. The molecule has 0 aliphatic carbocycles. The molecule has 5 nitrogen and oxygen atoms in total. The molecule has 0 unspecified atom stereocenters. The summed E-state index contributed by atoms with van der Waals surface area (Å²) in [5.74, 6) is -1.40. The maximum Gasteiger partial charge on any atom is 0.344 e. The minimum atomic E-state index is -0.716. The number of carbonyl (C=O) groups excluding carboxylic acids is 2. The Kier molecular flexibility index (Phi) is 6.75. The molecular weight excluding hydrogens is 381 g/mol. The molecule has 0 aliphatic heterocycles. The average Bonchev–Trinajstić information content (AvgIpc) is 3.24. The van der Waals surface area contributed by atoms with Crippen LogP contribution in [0.2, 0.25) is 0 Å². The maximum atomic E-state index is 13.1. The fraction of sp³-hybridized carbons (Fsp3) is 0.143. The number of thiophene rings is 1. The van der Waals surface area contributed by atoms with Crippen molar-refractivity contribution in [3.05, 3.63) is 88.4 Å². The van der Waals surface area contributed by atoms with Crippen LogP contribution in [0.25, 0.3) is 0 Å². The number of carbonyl (C=O) groups is 2. The van der Waals surface area contributed by atoms with Gasteiger partial charge in [0, 0.05) is 10.9 Å². The van der Waals surface area contributed by atoms with Gasteiger partial charge in [0.2, 0.25) is 0 Å². The number of ether oxygens (including phenoxy) is 2. The number of hydrogen-bond acceptors (Lipinski definition) is 5. The molecule has 0 fully saturated rings. The molecule has 2 aromatic carbocycles. The zero-order valence-electron chi connectivity index (χ0n) is 14.8. The summed E-state index contributed by atoms with van der Waals surface area (Å²) < 4.78 is 23.2. The van der Waals surface area contributed by atoms with Gasteiger partial charge in [-0.1, -0.05) is 42.5 Å². The van der Waals surface area contributed by atoms with Gasteiger partial charge in [0.1, 0.15) is 11.6 Å². The predicted molar refractivity (Wildman–Crippen MR) is 104 cm³/mol. The highest BCUT2D eigenvalue weighted by Gasteiger charge is 2.18. The van der Waals surface area contributed by atoms with Crippen molar-refractivity contribution in [2.24, 2.45) is 0 Å². The van der Waals surface area contributed by atoms with Gasteiger partial charge >= 0.3 is 5.97 Å². The predicted octanol–water partition coefficient (Wildman–Crippen LogP) is 3.72. The minimum Gasteiger partial charge on any atom is -0.482 e. The maximum absolute atomic E-state index is 13.1. The Bertz CT molecular complexity index is 915. The number of amides is 1. The van der Waals surface area contributed by atoms with E-state index in [1.165, 1.54) is 29.5 Å².